The van der Waals surface area contributed by atoms with Crippen LogP contribution in [0.15, 0.2) is 36.5 Å². The van der Waals surface area contributed by atoms with Gasteiger partial charge in [0.1, 0.15) is 5.82 Å². The molecule has 4 nitrogen and oxygen atoms in total. The molecule has 102 valence electrons. The van der Waals surface area contributed by atoms with Crippen molar-refractivity contribution in [2.24, 2.45) is 0 Å². The van der Waals surface area contributed by atoms with Crippen LogP contribution in [0.5, 0.6) is 0 Å². The number of nitrogens with one attached hydrogen (secondary N) is 2. The van der Waals surface area contributed by atoms with Crippen LogP contribution in [0, 0.1) is 0 Å². The number of anilines is 1. The lowest BCUT2D eigenvalue weighted by molar-refractivity contribution is 0.102. The number of carbonyl (C=O) groups excluding carboxylic acids is 1. The number of amides is 1. The van der Waals surface area contributed by atoms with Gasteiger partial charge in [-0.05, 0) is 42.3 Å². The van der Waals surface area contributed by atoms with Gasteiger partial charge in [0.2, 0.25) is 0 Å². The SMILES string of the molecule is O=C(Nc1cc(Cl)ccn1)c1cccc2c1CCNC2. The number of carbonyl (C=O) groups is 1. The zero-order chi connectivity index (χ0) is 13.9. The molecule has 2 heterocycles. The zero-order valence-corrected chi connectivity index (χ0v) is 11.6. The second-order valence-corrected chi connectivity index (χ2v) is 5.12. The lowest BCUT2D eigenvalue weighted by Gasteiger charge is -2.19. The van der Waals surface area contributed by atoms with Gasteiger partial charge in [0.25, 0.3) is 5.91 Å². The first-order valence-electron chi connectivity index (χ1n) is 6.48. The summed E-state index contributed by atoms with van der Waals surface area (Å²) in [6, 6.07) is 9.12. The molecule has 0 saturated carbocycles. The van der Waals surface area contributed by atoms with Crippen LogP contribution >= 0.6 is 11.6 Å². The van der Waals surface area contributed by atoms with Gasteiger partial charge >= 0.3 is 0 Å². The van der Waals surface area contributed by atoms with Crippen molar-refractivity contribution >= 4 is 23.3 Å². The highest BCUT2D eigenvalue weighted by Crippen LogP contribution is 2.20. The Kier molecular flexibility index (Phi) is 3.67. The predicted octanol–water partition coefficient (Wildman–Crippen LogP) is 2.63. The van der Waals surface area contributed by atoms with Crippen LogP contribution in [0.4, 0.5) is 5.82 Å². The van der Waals surface area contributed by atoms with Crippen LogP contribution in [0.25, 0.3) is 0 Å². The van der Waals surface area contributed by atoms with Crippen LogP contribution in [-0.4, -0.2) is 17.4 Å². The first-order valence-corrected chi connectivity index (χ1v) is 6.86. The standard InChI is InChI=1S/C15H14ClN3O/c16-11-4-7-18-14(8-11)19-15(20)13-3-1-2-10-9-17-6-5-12(10)13/h1-4,7-8,17H,5-6,9H2,(H,18,19,20). The maximum absolute atomic E-state index is 12.4. The summed E-state index contributed by atoms with van der Waals surface area (Å²) in [6.07, 6.45) is 2.43. The minimum absolute atomic E-state index is 0.140. The number of hydrogen-bond donors (Lipinski definition) is 2. The molecule has 0 radical (unpaired) electrons. The van der Waals surface area contributed by atoms with Crippen molar-refractivity contribution in [3.63, 3.8) is 0 Å². The van der Waals surface area contributed by atoms with Crippen molar-refractivity contribution in [2.45, 2.75) is 13.0 Å². The molecule has 1 aromatic heterocycles. The fourth-order valence-corrected chi connectivity index (χ4v) is 2.56. The van der Waals surface area contributed by atoms with Gasteiger partial charge in [0, 0.05) is 23.3 Å². The van der Waals surface area contributed by atoms with E-state index >= 15 is 0 Å². The first-order chi connectivity index (χ1) is 9.74. The second kappa shape index (κ2) is 5.61. The number of rotatable bonds is 2. The van der Waals surface area contributed by atoms with Crippen LogP contribution in [0.2, 0.25) is 5.02 Å². The van der Waals surface area contributed by atoms with Gasteiger partial charge in [-0.1, -0.05) is 23.7 Å². The van der Waals surface area contributed by atoms with E-state index in [1.54, 1.807) is 18.3 Å². The molecule has 0 unspecified atom stereocenters. The van der Waals surface area contributed by atoms with Gasteiger partial charge in [-0.3, -0.25) is 4.79 Å². The Balaban J connectivity index is 1.88. The molecule has 2 N–H and O–H groups in total. The molecular weight excluding hydrogens is 274 g/mol. The van der Waals surface area contributed by atoms with Gasteiger partial charge in [-0.25, -0.2) is 4.98 Å². The van der Waals surface area contributed by atoms with E-state index in [0.717, 1.165) is 25.1 Å². The summed E-state index contributed by atoms with van der Waals surface area (Å²) in [5.41, 5.74) is 3.01. The molecule has 1 aliphatic heterocycles. The molecule has 3 rings (SSSR count). The highest BCUT2D eigenvalue weighted by atomic mass is 35.5. The smallest absolute Gasteiger partial charge is 0.257 e. The fraction of sp³-hybridized carbons (Fsp3) is 0.200. The molecule has 0 spiro atoms. The Morgan fingerprint density at radius 1 is 1.35 bits per heavy atom. The molecule has 0 bridgehead atoms. The third-order valence-corrected chi connectivity index (χ3v) is 3.58. The number of hydrogen-bond acceptors (Lipinski definition) is 3. The molecule has 5 heteroatoms. The van der Waals surface area contributed by atoms with Crippen molar-refractivity contribution in [3.8, 4) is 0 Å². The number of benzene rings is 1. The first kappa shape index (κ1) is 13.1. The van der Waals surface area contributed by atoms with E-state index < -0.39 is 0 Å². The molecule has 1 amide bonds. The largest absolute Gasteiger partial charge is 0.312 e. The minimum atomic E-state index is -0.140. The molecule has 2 aromatic rings. The van der Waals surface area contributed by atoms with E-state index in [2.05, 4.69) is 21.7 Å². The third-order valence-electron chi connectivity index (χ3n) is 3.35. The van der Waals surface area contributed by atoms with Crippen molar-refractivity contribution in [1.82, 2.24) is 10.3 Å². The Morgan fingerprint density at radius 3 is 3.10 bits per heavy atom. The van der Waals surface area contributed by atoms with Crippen LogP contribution in [0.1, 0.15) is 21.5 Å². The summed E-state index contributed by atoms with van der Waals surface area (Å²) in [4.78, 5) is 16.5. The number of pyridine rings is 1. The van der Waals surface area contributed by atoms with E-state index in [9.17, 15) is 4.79 Å². The van der Waals surface area contributed by atoms with E-state index in [4.69, 9.17) is 11.6 Å². The van der Waals surface area contributed by atoms with Crippen molar-refractivity contribution in [3.05, 3.63) is 58.2 Å². The number of fused-ring (bicyclic) bond motifs is 1. The summed E-state index contributed by atoms with van der Waals surface area (Å²) in [5, 5.41) is 6.65. The van der Waals surface area contributed by atoms with Gasteiger partial charge in [-0.2, -0.15) is 0 Å². The van der Waals surface area contributed by atoms with E-state index in [1.807, 2.05) is 12.1 Å². The maximum Gasteiger partial charge on any atom is 0.257 e. The van der Waals surface area contributed by atoms with Crippen molar-refractivity contribution in [2.75, 3.05) is 11.9 Å². The quantitative estimate of drug-likeness (QED) is 0.893. The minimum Gasteiger partial charge on any atom is -0.312 e. The van der Waals surface area contributed by atoms with Crippen LogP contribution in [-0.2, 0) is 13.0 Å². The lowest BCUT2D eigenvalue weighted by Crippen LogP contribution is -2.26. The number of halogens is 1. The topological polar surface area (TPSA) is 54.0 Å². The molecular formula is C15H14ClN3O. The molecule has 0 saturated heterocycles. The Hall–Kier alpha value is -1.91. The Bertz CT molecular complexity index is 657. The highest BCUT2D eigenvalue weighted by Gasteiger charge is 2.17. The summed E-state index contributed by atoms with van der Waals surface area (Å²) >= 11 is 5.89. The van der Waals surface area contributed by atoms with E-state index in [-0.39, 0.29) is 5.91 Å². The summed E-state index contributed by atoms with van der Waals surface area (Å²) < 4.78 is 0. The van der Waals surface area contributed by atoms with E-state index in [1.165, 1.54) is 5.56 Å². The van der Waals surface area contributed by atoms with E-state index in [0.29, 0.717) is 16.4 Å². The average Bonchev–Trinajstić information content (AvgIpc) is 2.46. The molecule has 1 aliphatic rings. The molecule has 20 heavy (non-hydrogen) atoms. The Labute approximate surface area is 122 Å². The van der Waals surface area contributed by atoms with Crippen LogP contribution in [0.3, 0.4) is 0 Å². The summed E-state index contributed by atoms with van der Waals surface area (Å²) in [6.45, 7) is 1.71. The Morgan fingerprint density at radius 2 is 2.25 bits per heavy atom. The second-order valence-electron chi connectivity index (χ2n) is 4.68. The normalized spacial score (nSPS) is 13.7. The van der Waals surface area contributed by atoms with Gasteiger partial charge in [-0.15, -0.1) is 0 Å². The van der Waals surface area contributed by atoms with Crippen molar-refractivity contribution < 1.29 is 4.79 Å². The van der Waals surface area contributed by atoms with Gasteiger partial charge in [0.15, 0.2) is 0 Å². The highest BCUT2D eigenvalue weighted by molar-refractivity contribution is 6.30. The molecule has 1 aromatic carbocycles. The molecule has 0 aliphatic carbocycles. The monoisotopic (exact) mass is 287 g/mol. The summed E-state index contributed by atoms with van der Waals surface area (Å²) in [7, 11) is 0. The zero-order valence-electron chi connectivity index (χ0n) is 10.8. The lowest BCUT2D eigenvalue weighted by atomic mass is 9.95. The average molecular weight is 288 g/mol. The van der Waals surface area contributed by atoms with Gasteiger partial charge < -0.3 is 10.6 Å². The third kappa shape index (κ3) is 2.66. The van der Waals surface area contributed by atoms with Crippen LogP contribution < -0.4 is 10.6 Å². The predicted molar refractivity (Wildman–Crippen MR) is 79.1 cm³/mol. The fourth-order valence-electron chi connectivity index (χ4n) is 2.40. The van der Waals surface area contributed by atoms with Crippen molar-refractivity contribution in [1.29, 1.82) is 0 Å². The summed E-state index contributed by atoms with van der Waals surface area (Å²) in [5.74, 6) is 0.326. The maximum atomic E-state index is 12.4. The molecule has 0 fully saturated rings. The number of aromatic nitrogens is 1. The van der Waals surface area contributed by atoms with Gasteiger partial charge in [0.05, 0.1) is 0 Å². The molecule has 0 atom stereocenters. The number of nitrogens with zero attached hydrogens (tertiary/aromatic N) is 1.